The van der Waals surface area contributed by atoms with E-state index in [-0.39, 0.29) is 5.69 Å². The Bertz CT molecular complexity index is 310. The van der Waals surface area contributed by atoms with Crippen LogP contribution in [-0.4, -0.2) is 16.7 Å². The van der Waals surface area contributed by atoms with E-state index in [9.17, 15) is 9.90 Å². The molecule has 0 saturated carbocycles. The zero-order chi connectivity index (χ0) is 10.1. The minimum atomic E-state index is -0.654. The first-order valence-electron chi connectivity index (χ1n) is 3.75. The second kappa shape index (κ2) is 3.08. The quantitative estimate of drug-likeness (QED) is 0.623. The van der Waals surface area contributed by atoms with Gasteiger partial charge < -0.3 is 9.26 Å². The Labute approximate surface area is 75.3 Å². The first kappa shape index (κ1) is 9.57. The van der Waals surface area contributed by atoms with Crippen LogP contribution in [0.2, 0.25) is 0 Å². The number of rotatable bonds is 1. The molecule has 0 N–H and O–H groups in total. The molecule has 0 spiro atoms. The molecule has 0 atom stereocenters. The van der Waals surface area contributed by atoms with Gasteiger partial charge >= 0.3 is 11.9 Å². The fourth-order valence-electron chi connectivity index (χ4n) is 0.685. The van der Waals surface area contributed by atoms with Crippen LogP contribution in [-0.2, 0) is 9.84 Å². The first-order valence-corrected chi connectivity index (χ1v) is 3.75. The molecule has 0 bridgehead atoms. The van der Waals surface area contributed by atoms with Crippen molar-refractivity contribution in [2.24, 2.45) is 0 Å². The van der Waals surface area contributed by atoms with Gasteiger partial charge in [0.2, 0.25) is 0 Å². The Morgan fingerprint density at radius 1 is 1.54 bits per heavy atom. The van der Waals surface area contributed by atoms with Crippen molar-refractivity contribution in [3.8, 4) is 5.95 Å². The lowest BCUT2D eigenvalue weighted by atomic mass is 10.2. The zero-order valence-electron chi connectivity index (χ0n) is 7.66. The number of esters is 1. The fourth-order valence-corrected chi connectivity index (χ4v) is 0.685. The fraction of sp³-hybridized carbons (Fsp3) is 0.500. The molecule has 0 amide bonds. The highest BCUT2D eigenvalue weighted by atomic mass is 16.6. The third kappa shape index (κ3) is 2.77. The predicted molar refractivity (Wildman–Crippen MR) is 41.8 cm³/mol. The molecule has 0 saturated heterocycles. The summed E-state index contributed by atoms with van der Waals surface area (Å²) in [5.74, 6) is -1.31. The van der Waals surface area contributed by atoms with E-state index in [1.807, 2.05) is 0 Å². The number of ether oxygens (including phenoxy) is 1. The Morgan fingerprint density at radius 2 is 2.15 bits per heavy atom. The topological polar surface area (TPSA) is 72.2 Å². The van der Waals surface area contributed by atoms with Crippen LogP contribution in [0, 0.1) is 0 Å². The van der Waals surface area contributed by atoms with Gasteiger partial charge in [0.15, 0.2) is 5.69 Å². The lowest BCUT2D eigenvalue weighted by Crippen LogP contribution is -2.24. The number of nitrogens with zero attached hydrogens (tertiary/aromatic N) is 1. The van der Waals surface area contributed by atoms with Crippen LogP contribution in [0.15, 0.2) is 10.6 Å². The minimum absolute atomic E-state index is 0.0973. The van der Waals surface area contributed by atoms with E-state index in [4.69, 9.17) is 4.74 Å². The summed E-state index contributed by atoms with van der Waals surface area (Å²) in [6.07, 6.45) is 0. The van der Waals surface area contributed by atoms with Gasteiger partial charge in [-0.15, -0.1) is 0 Å². The molecule has 0 unspecified atom stereocenters. The summed E-state index contributed by atoms with van der Waals surface area (Å²) < 4.78 is 9.13. The van der Waals surface area contributed by atoms with Gasteiger partial charge in [0.05, 0.1) is 6.07 Å². The maximum absolute atomic E-state index is 11.2. The maximum atomic E-state index is 11.2. The van der Waals surface area contributed by atoms with E-state index in [0.29, 0.717) is 0 Å². The number of carbonyl (C=O) groups excluding carboxylic acids is 1. The highest BCUT2D eigenvalue weighted by Crippen LogP contribution is 2.15. The molecule has 0 aliphatic heterocycles. The van der Waals surface area contributed by atoms with Crippen LogP contribution in [0.4, 0.5) is 0 Å². The molecule has 71 valence electrons. The summed E-state index contributed by atoms with van der Waals surface area (Å²) in [6.45, 7) is 5.18. The van der Waals surface area contributed by atoms with Crippen LogP contribution < -0.4 is 0 Å². The van der Waals surface area contributed by atoms with Crippen molar-refractivity contribution >= 4 is 5.97 Å². The molecule has 0 aromatic carbocycles. The number of hydrogen-bond donors (Lipinski definition) is 0. The van der Waals surface area contributed by atoms with Gasteiger partial charge in [-0.1, -0.05) is 5.16 Å². The molecule has 1 rings (SSSR count). The summed E-state index contributed by atoms with van der Waals surface area (Å²) in [7, 11) is 0. The monoisotopic (exact) mass is 184 g/mol. The average molecular weight is 184 g/mol. The molecule has 13 heavy (non-hydrogen) atoms. The molecule has 5 heteroatoms. The lowest BCUT2D eigenvalue weighted by molar-refractivity contribution is 0.00587. The minimum Gasteiger partial charge on any atom is -0.455 e. The van der Waals surface area contributed by atoms with E-state index in [0.717, 1.165) is 6.07 Å². The molecular weight excluding hydrogens is 174 g/mol. The SMILES string of the molecule is CC(C)(C)OC(=O)c1cc([O])on1. The standard InChI is InChI=1S/C8H10NO4/c1-8(2,3)12-7(11)5-4-6(10)13-9-5/h4H,1-3H3. The molecule has 0 aliphatic carbocycles. The smallest absolute Gasteiger partial charge is 0.361 e. The summed E-state index contributed by atoms with van der Waals surface area (Å²) in [6, 6.07) is 0.994. The van der Waals surface area contributed by atoms with E-state index in [1.54, 1.807) is 20.8 Å². The molecule has 1 aromatic heterocycles. The van der Waals surface area contributed by atoms with Gasteiger partial charge in [0.1, 0.15) is 5.60 Å². The van der Waals surface area contributed by atoms with Gasteiger partial charge in [-0.2, -0.15) is 0 Å². The lowest BCUT2D eigenvalue weighted by Gasteiger charge is -2.18. The van der Waals surface area contributed by atoms with Crippen molar-refractivity contribution < 1.29 is 19.2 Å². The van der Waals surface area contributed by atoms with E-state index < -0.39 is 17.5 Å². The normalized spacial score (nSPS) is 11.3. The van der Waals surface area contributed by atoms with E-state index in [2.05, 4.69) is 9.68 Å². The molecule has 0 aliphatic rings. The zero-order valence-corrected chi connectivity index (χ0v) is 7.66. The highest BCUT2D eigenvalue weighted by Gasteiger charge is 2.21. The second-order valence-corrected chi connectivity index (χ2v) is 3.53. The Hall–Kier alpha value is -1.52. The predicted octanol–water partition coefficient (Wildman–Crippen LogP) is 1.77. The maximum Gasteiger partial charge on any atom is 0.361 e. The number of hydrogen-bond acceptors (Lipinski definition) is 4. The Balaban J connectivity index is 2.70. The van der Waals surface area contributed by atoms with Gasteiger partial charge in [-0.3, -0.25) is 0 Å². The van der Waals surface area contributed by atoms with Crippen molar-refractivity contribution in [2.75, 3.05) is 0 Å². The average Bonchev–Trinajstić information content (AvgIpc) is 2.31. The largest absolute Gasteiger partial charge is 0.455 e. The second-order valence-electron chi connectivity index (χ2n) is 3.53. The molecule has 1 radical (unpaired) electrons. The van der Waals surface area contributed by atoms with Crippen LogP contribution >= 0.6 is 0 Å². The highest BCUT2D eigenvalue weighted by molar-refractivity contribution is 5.87. The van der Waals surface area contributed by atoms with Crippen molar-refractivity contribution in [1.29, 1.82) is 0 Å². The van der Waals surface area contributed by atoms with Crippen molar-refractivity contribution in [3.05, 3.63) is 11.8 Å². The van der Waals surface area contributed by atoms with Crippen LogP contribution in [0.1, 0.15) is 31.3 Å². The Kier molecular flexibility index (Phi) is 2.27. The van der Waals surface area contributed by atoms with Gasteiger partial charge in [0, 0.05) is 0 Å². The van der Waals surface area contributed by atoms with E-state index >= 15 is 0 Å². The first-order chi connectivity index (χ1) is 5.88. The van der Waals surface area contributed by atoms with Crippen molar-refractivity contribution in [1.82, 2.24) is 5.16 Å². The summed E-state index contributed by atoms with van der Waals surface area (Å²) >= 11 is 0. The van der Waals surface area contributed by atoms with Crippen LogP contribution in [0.3, 0.4) is 0 Å². The summed E-state index contributed by atoms with van der Waals surface area (Å²) in [5, 5.41) is 13.8. The molecule has 1 aromatic rings. The molecule has 1 heterocycles. The van der Waals surface area contributed by atoms with Crippen LogP contribution in [0.25, 0.3) is 0 Å². The third-order valence-electron chi connectivity index (χ3n) is 1.10. The van der Waals surface area contributed by atoms with Gasteiger partial charge in [-0.25, -0.2) is 9.90 Å². The third-order valence-corrected chi connectivity index (χ3v) is 1.10. The van der Waals surface area contributed by atoms with Crippen molar-refractivity contribution in [2.45, 2.75) is 26.4 Å². The summed E-state index contributed by atoms with van der Waals surface area (Å²) in [5.41, 5.74) is -0.695. The van der Waals surface area contributed by atoms with E-state index in [1.165, 1.54) is 0 Å². The Morgan fingerprint density at radius 3 is 2.54 bits per heavy atom. The van der Waals surface area contributed by atoms with Gasteiger partial charge in [-0.05, 0) is 20.8 Å². The van der Waals surface area contributed by atoms with Gasteiger partial charge in [0.25, 0.3) is 0 Å². The van der Waals surface area contributed by atoms with Crippen molar-refractivity contribution in [3.63, 3.8) is 0 Å². The molecule has 0 fully saturated rings. The van der Waals surface area contributed by atoms with Crippen LogP contribution in [0.5, 0.6) is 5.95 Å². The molecular formula is C8H10NO4. The molecule has 5 nitrogen and oxygen atoms in total. The summed E-state index contributed by atoms with van der Waals surface area (Å²) in [4.78, 5) is 11.2. The number of aromatic nitrogens is 1. The number of carbonyl (C=O) groups is 1.